The Balaban J connectivity index is 2.07. The van der Waals surface area contributed by atoms with Crippen LogP contribution in [0.2, 0.25) is 0 Å². The van der Waals surface area contributed by atoms with Crippen LogP contribution in [0.1, 0.15) is 37.2 Å². The highest BCUT2D eigenvalue weighted by Gasteiger charge is 2.40. The molecule has 0 bridgehead atoms. The molecule has 0 saturated carbocycles. The van der Waals surface area contributed by atoms with E-state index >= 15 is 0 Å². The van der Waals surface area contributed by atoms with Crippen molar-refractivity contribution < 1.29 is 23.0 Å². The molecule has 2 aromatic rings. The number of hydrogen-bond donors (Lipinski definition) is 2. The number of fused-ring (bicyclic) bond motifs is 1. The summed E-state index contributed by atoms with van der Waals surface area (Å²) in [5.41, 5.74) is 5.00. The van der Waals surface area contributed by atoms with E-state index in [4.69, 9.17) is 10.5 Å². The van der Waals surface area contributed by atoms with E-state index in [0.29, 0.717) is 37.3 Å². The molecule has 5 nitrogen and oxygen atoms in total. The first-order valence-electron chi connectivity index (χ1n) is 7.89. The number of rotatable bonds is 3. The summed E-state index contributed by atoms with van der Waals surface area (Å²) in [5, 5.41) is 10.7. The van der Waals surface area contributed by atoms with E-state index in [1.165, 1.54) is 6.07 Å². The minimum atomic E-state index is -4.43. The minimum Gasteiger partial charge on any atom is -0.385 e. The molecule has 0 unspecified atom stereocenters. The molecule has 1 aliphatic heterocycles. The Morgan fingerprint density at radius 3 is 2.79 bits per heavy atom. The van der Waals surface area contributed by atoms with Crippen molar-refractivity contribution in [2.24, 2.45) is 5.73 Å². The average molecular weight is 343 g/mol. The predicted octanol–water partition coefficient (Wildman–Crippen LogP) is 2.62. The lowest BCUT2D eigenvalue weighted by Crippen LogP contribution is -2.48. The van der Waals surface area contributed by atoms with E-state index in [9.17, 15) is 18.3 Å². The van der Waals surface area contributed by atoms with Gasteiger partial charge in [0.15, 0.2) is 0 Å². The van der Waals surface area contributed by atoms with Gasteiger partial charge < -0.3 is 20.1 Å². The first-order valence-corrected chi connectivity index (χ1v) is 7.89. The minimum absolute atomic E-state index is 0.0922. The fourth-order valence-electron chi connectivity index (χ4n) is 3.18. The number of aromatic nitrogens is 2. The van der Waals surface area contributed by atoms with Crippen molar-refractivity contribution in [1.82, 2.24) is 9.55 Å². The molecule has 2 atom stereocenters. The lowest BCUT2D eigenvalue weighted by atomic mass is 9.88. The molecule has 1 aromatic heterocycles. The molecule has 0 radical (unpaired) electrons. The summed E-state index contributed by atoms with van der Waals surface area (Å²) in [4.78, 5) is 4.30. The third-order valence-electron chi connectivity index (χ3n) is 4.53. The van der Waals surface area contributed by atoms with Gasteiger partial charge >= 0.3 is 6.18 Å². The number of nitrogens with two attached hydrogens (primary N) is 1. The van der Waals surface area contributed by atoms with Crippen molar-refractivity contribution in [3.8, 4) is 0 Å². The maximum Gasteiger partial charge on any atom is 0.416 e. The van der Waals surface area contributed by atoms with Gasteiger partial charge in [0.05, 0.1) is 29.2 Å². The van der Waals surface area contributed by atoms with E-state index in [0.717, 1.165) is 12.1 Å². The molecule has 24 heavy (non-hydrogen) atoms. The molecule has 132 valence electrons. The highest BCUT2D eigenvalue weighted by Crippen LogP contribution is 2.35. The zero-order valence-electron chi connectivity index (χ0n) is 13.3. The lowest BCUT2D eigenvalue weighted by Gasteiger charge is -2.36. The Morgan fingerprint density at radius 1 is 1.46 bits per heavy atom. The summed E-state index contributed by atoms with van der Waals surface area (Å²) in [7, 11) is 0. The SMILES string of the molecule is CCn1c([C@@H](N)[C@]2(O)CCCOC2)nc2cc(C(F)(F)F)ccc21. The summed E-state index contributed by atoms with van der Waals surface area (Å²) < 4.78 is 45.8. The molecule has 1 aromatic carbocycles. The summed E-state index contributed by atoms with van der Waals surface area (Å²) in [5.74, 6) is 0.375. The zero-order chi connectivity index (χ0) is 17.5. The Morgan fingerprint density at radius 2 is 2.21 bits per heavy atom. The number of halogens is 3. The first-order chi connectivity index (χ1) is 11.3. The van der Waals surface area contributed by atoms with Gasteiger partial charge in [-0.05, 0) is 38.0 Å². The lowest BCUT2D eigenvalue weighted by molar-refractivity contribution is -0.137. The maximum absolute atomic E-state index is 12.9. The second-order valence-electron chi connectivity index (χ2n) is 6.15. The van der Waals surface area contributed by atoms with Crippen LogP contribution in [0.4, 0.5) is 13.2 Å². The molecular weight excluding hydrogens is 323 g/mol. The number of nitrogens with zero attached hydrogens (tertiary/aromatic N) is 2. The first kappa shape index (κ1) is 17.2. The maximum atomic E-state index is 12.9. The van der Waals surface area contributed by atoms with Crippen molar-refractivity contribution >= 4 is 11.0 Å². The van der Waals surface area contributed by atoms with Gasteiger partial charge in [0.1, 0.15) is 11.4 Å². The fraction of sp³-hybridized carbons (Fsp3) is 0.562. The number of aryl methyl sites for hydroxylation is 1. The van der Waals surface area contributed by atoms with Crippen LogP contribution >= 0.6 is 0 Å². The van der Waals surface area contributed by atoms with Gasteiger partial charge in [0.2, 0.25) is 0 Å². The van der Waals surface area contributed by atoms with Crippen molar-refractivity contribution in [2.45, 2.75) is 44.1 Å². The van der Waals surface area contributed by atoms with Crippen LogP contribution in [0, 0.1) is 0 Å². The smallest absolute Gasteiger partial charge is 0.385 e. The van der Waals surface area contributed by atoms with E-state index < -0.39 is 23.4 Å². The summed E-state index contributed by atoms with van der Waals surface area (Å²) in [6.07, 6.45) is -3.29. The second-order valence-corrected chi connectivity index (χ2v) is 6.15. The van der Waals surface area contributed by atoms with Crippen molar-refractivity contribution in [3.63, 3.8) is 0 Å². The summed E-state index contributed by atoms with van der Waals surface area (Å²) >= 11 is 0. The highest BCUT2D eigenvalue weighted by atomic mass is 19.4. The van der Waals surface area contributed by atoms with Crippen LogP contribution in [0.3, 0.4) is 0 Å². The van der Waals surface area contributed by atoms with Crippen molar-refractivity contribution in [3.05, 3.63) is 29.6 Å². The van der Waals surface area contributed by atoms with Gasteiger partial charge in [0.25, 0.3) is 0 Å². The molecule has 8 heteroatoms. The quantitative estimate of drug-likeness (QED) is 0.898. The summed E-state index contributed by atoms with van der Waals surface area (Å²) in [6.45, 7) is 3.00. The van der Waals surface area contributed by atoms with Gasteiger partial charge in [-0.15, -0.1) is 0 Å². The van der Waals surface area contributed by atoms with Gasteiger partial charge in [-0.3, -0.25) is 0 Å². The molecule has 3 rings (SSSR count). The Kier molecular flexibility index (Phi) is 4.31. The number of imidazole rings is 1. The monoisotopic (exact) mass is 343 g/mol. The van der Waals surface area contributed by atoms with Gasteiger partial charge in [-0.2, -0.15) is 13.2 Å². The molecule has 1 fully saturated rings. The Labute approximate surface area is 137 Å². The largest absolute Gasteiger partial charge is 0.416 e. The average Bonchev–Trinajstić information content (AvgIpc) is 2.91. The number of hydrogen-bond acceptors (Lipinski definition) is 4. The number of alkyl halides is 3. The van der Waals surface area contributed by atoms with E-state index in [2.05, 4.69) is 4.98 Å². The summed E-state index contributed by atoms with van der Waals surface area (Å²) in [6, 6.07) is 2.61. The van der Waals surface area contributed by atoms with Crippen LogP contribution < -0.4 is 5.73 Å². The molecule has 0 amide bonds. The van der Waals surface area contributed by atoms with E-state index in [-0.39, 0.29) is 12.1 Å². The molecule has 1 aliphatic rings. The van der Waals surface area contributed by atoms with E-state index in [1.54, 1.807) is 4.57 Å². The van der Waals surface area contributed by atoms with Crippen LogP contribution in [0.25, 0.3) is 11.0 Å². The zero-order valence-corrected chi connectivity index (χ0v) is 13.3. The molecular formula is C16H20F3N3O2. The molecule has 1 saturated heterocycles. The Hall–Kier alpha value is -1.64. The molecule has 0 aliphatic carbocycles. The van der Waals surface area contributed by atoms with Crippen LogP contribution in [0.5, 0.6) is 0 Å². The third-order valence-corrected chi connectivity index (χ3v) is 4.53. The standard InChI is InChI=1S/C16H20F3N3O2/c1-2-22-12-5-4-10(16(17,18)19)8-11(12)21-14(22)13(20)15(23)6-3-7-24-9-15/h4-5,8,13,23H,2-3,6-7,9,20H2,1H3/t13-,15+/m1/s1. The second kappa shape index (κ2) is 6.02. The number of benzene rings is 1. The molecule has 0 spiro atoms. The van der Waals surface area contributed by atoms with Crippen LogP contribution in [-0.4, -0.2) is 33.5 Å². The van der Waals surface area contributed by atoms with Crippen LogP contribution in [0.15, 0.2) is 18.2 Å². The molecule has 2 heterocycles. The van der Waals surface area contributed by atoms with Crippen molar-refractivity contribution in [1.29, 1.82) is 0 Å². The number of aliphatic hydroxyl groups is 1. The molecule has 3 N–H and O–H groups in total. The normalized spacial score (nSPS) is 23.6. The number of ether oxygens (including phenoxy) is 1. The highest BCUT2D eigenvalue weighted by molar-refractivity contribution is 5.77. The van der Waals surface area contributed by atoms with Gasteiger partial charge in [-0.25, -0.2) is 4.98 Å². The van der Waals surface area contributed by atoms with Gasteiger partial charge in [0, 0.05) is 13.2 Å². The van der Waals surface area contributed by atoms with Crippen molar-refractivity contribution in [2.75, 3.05) is 13.2 Å². The van der Waals surface area contributed by atoms with Crippen LogP contribution in [-0.2, 0) is 17.5 Å². The van der Waals surface area contributed by atoms with E-state index in [1.807, 2.05) is 6.92 Å². The van der Waals surface area contributed by atoms with Gasteiger partial charge in [-0.1, -0.05) is 0 Å². The predicted molar refractivity (Wildman–Crippen MR) is 82.3 cm³/mol. The Bertz CT molecular complexity index is 736. The fourth-order valence-corrected chi connectivity index (χ4v) is 3.18. The third kappa shape index (κ3) is 2.89. The topological polar surface area (TPSA) is 73.3 Å².